The van der Waals surface area contributed by atoms with Crippen LogP contribution >= 0.6 is 23.4 Å². The minimum atomic E-state index is 0.572. The van der Waals surface area contributed by atoms with Crippen molar-refractivity contribution in [2.24, 2.45) is 0 Å². The van der Waals surface area contributed by atoms with Crippen molar-refractivity contribution in [1.82, 2.24) is 4.98 Å². The van der Waals surface area contributed by atoms with E-state index in [1.165, 1.54) is 10.5 Å². The van der Waals surface area contributed by atoms with Crippen LogP contribution in [0, 0.1) is 6.92 Å². The quantitative estimate of drug-likeness (QED) is 0.416. The molecule has 3 aromatic rings. The van der Waals surface area contributed by atoms with Gasteiger partial charge < -0.3 is 5.73 Å². The molecular weight excluding hydrogens is 300 g/mol. The molecule has 0 fully saturated rings. The number of thioether (sulfide) groups is 1. The molecule has 2 aromatic carbocycles. The monoisotopic (exact) mass is 314 g/mol. The van der Waals surface area contributed by atoms with Crippen LogP contribution in [0.3, 0.4) is 0 Å². The van der Waals surface area contributed by atoms with E-state index in [2.05, 4.69) is 24.0 Å². The molecule has 1 aromatic heterocycles. The van der Waals surface area contributed by atoms with E-state index in [-0.39, 0.29) is 0 Å². The number of halogens is 1. The van der Waals surface area contributed by atoms with Gasteiger partial charge >= 0.3 is 0 Å². The van der Waals surface area contributed by atoms with Gasteiger partial charge in [0.15, 0.2) is 0 Å². The summed E-state index contributed by atoms with van der Waals surface area (Å²) in [6, 6.07) is 16.1. The number of anilines is 1. The highest BCUT2D eigenvalue weighted by Crippen LogP contribution is 2.31. The van der Waals surface area contributed by atoms with Gasteiger partial charge in [0.1, 0.15) is 5.15 Å². The lowest BCUT2D eigenvalue weighted by Gasteiger charge is -2.09. The molecule has 1 heterocycles. The minimum Gasteiger partial charge on any atom is -0.399 e. The molecule has 106 valence electrons. The molecule has 0 saturated carbocycles. The number of nitrogen functional groups attached to an aromatic ring is 1. The van der Waals surface area contributed by atoms with E-state index in [1.807, 2.05) is 36.4 Å². The van der Waals surface area contributed by atoms with Crippen molar-refractivity contribution >= 4 is 40.0 Å². The first-order chi connectivity index (χ1) is 10.1. The third-order valence-electron chi connectivity index (χ3n) is 3.35. The van der Waals surface area contributed by atoms with Gasteiger partial charge in [-0.25, -0.2) is 4.98 Å². The fraction of sp³-hybridized carbons (Fsp3) is 0.118. The molecule has 2 N–H and O–H groups in total. The van der Waals surface area contributed by atoms with Crippen molar-refractivity contribution < 1.29 is 0 Å². The van der Waals surface area contributed by atoms with Gasteiger partial charge in [-0.2, -0.15) is 0 Å². The number of benzene rings is 2. The van der Waals surface area contributed by atoms with Crippen LogP contribution in [-0.2, 0) is 5.75 Å². The Morgan fingerprint density at radius 1 is 1.14 bits per heavy atom. The molecule has 0 aliphatic carbocycles. The highest BCUT2D eigenvalue weighted by Gasteiger charge is 2.07. The summed E-state index contributed by atoms with van der Waals surface area (Å²) in [6.07, 6.45) is 0. The fourth-order valence-corrected chi connectivity index (χ4v) is 3.50. The Hall–Kier alpha value is -1.71. The van der Waals surface area contributed by atoms with Crippen molar-refractivity contribution in [2.75, 3.05) is 5.73 Å². The summed E-state index contributed by atoms with van der Waals surface area (Å²) in [7, 11) is 0. The maximum atomic E-state index is 6.29. The molecule has 0 aliphatic rings. The lowest BCUT2D eigenvalue weighted by molar-refractivity contribution is 1.27. The van der Waals surface area contributed by atoms with E-state index in [0.717, 1.165) is 27.9 Å². The summed E-state index contributed by atoms with van der Waals surface area (Å²) in [4.78, 5) is 5.64. The van der Waals surface area contributed by atoms with Crippen LogP contribution in [0.15, 0.2) is 53.4 Å². The third-order valence-corrected chi connectivity index (χ3v) is 4.88. The number of aromatic nitrogens is 1. The van der Waals surface area contributed by atoms with Crippen molar-refractivity contribution in [3.63, 3.8) is 0 Å². The second-order valence-corrected chi connectivity index (χ2v) is 6.32. The summed E-state index contributed by atoms with van der Waals surface area (Å²) < 4.78 is 0. The number of nitrogens with zero attached hydrogens (tertiary/aromatic N) is 1. The van der Waals surface area contributed by atoms with E-state index >= 15 is 0 Å². The summed E-state index contributed by atoms with van der Waals surface area (Å²) in [5, 5.41) is 1.68. The maximum Gasteiger partial charge on any atom is 0.133 e. The fourth-order valence-electron chi connectivity index (χ4n) is 2.17. The predicted molar refractivity (Wildman–Crippen MR) is 91.9 cm³/mol. The summed E-state index contributed by atoms with van der Waals surface area (Å²) >= 11 is 8.02. The second-order valence-electron chi connectivity index (χ2n) is 4.94. The Morgan fingerprint density at radius 3 is 2.81 bits per heavy atom. The van der Waals surface area contributed by atoms with Crippen LogP contribution in [-0.4, -0.2) is 4.98 Å². The summed E-state index contributed by atoms with van der Waals surface area (Å²) in [6.45, 7) is 2.09. The van der Waals surface area contributed by atoms with E-state index in [1.54, 1.807) is 11.8 Å². The summed E-state index contributed by atoms with van der Waals surface area (Å²) in [5.74, 6) is 0.779. The molecular formula is C17H15ClN2S. The van der Waals surface area contributed by atoms with Crippen LogP contribution in [0.25, 0.3) is 10.9 Å². The van der Waals surface area contributed by atoms with Gasteiger partial charge in [0.2, 0.25) is 0 Å². The lowest BCUT2D eigenvalue weighted by atomic mass is 10.2. The summed E-state index contributed by atoms with van der Waals surface area (Å²) in [5.41, 5.74) is 9.82. The van der Waals surface area contributed by atoms with Crippen molar-refractivity contribution in [1.29, 1.82) is 0 Å². The molecule has 2 nitrogen and oxygen atoms in total. The first-order valence-corrected chi connectivity index (χ1v) is 8.03. The maximum absolute atomic E-state index is 6.29. The van der Waals surface area contributed by atoms with Gasteiger partial charge in [0.25, 0.3) is 0 Å². The molecule has 4 heteroatoms. The van der Waals surface area contributed by atoms with Gasteiger partial charge in [0, 0.05) is 27.3 Å². The molecule has 0 spiro atoms. The van der Waals surface area contributed by atoms with E-state index in [0.29, 0.717) is 5.15 Å². The Kier molecular flexibility index (Phi) is 4.04. The molecule has 0 aliphatic heterocycles. The third kappa shape index (κ3) is 3.14. The minimum absolute atomic E-state index is 0.572. The molecule has 0 unspecified atom stereocenters. The SMILES string of the molecule is Cc1ccc(N)cc1SCc1cc2ccccc2nc1Cl. The Labute approximate surface area is 133 Å². The number of fused-ring (bicyclic) bond motifs is 1. The predicted octanol–water partition coefficient (Wildman–Crippen LogP) is 5.07. The molecule has 0 atom stereocenters. The molecule has 0 saturated heterocycles. The van der Waals surface area contributed by atoms with E-state index < -0.39 is 0 Å². The topological polar surface area (TPSA) is 38.9 Å². The lowest BCUT2D eigenvalue weighted by Crippen LogP contribution is -1.91. The zero-order valence-electron chi connectivity index (χ0n) is 11.6. The van der Waals surface area contributed by atoms with Crippen LogP contribution in [0.5, 0.6) is 0 Å². The van der Waals surface area contributed by atoms with Gasteiger partial charge in [-0.15, -0.1) is 11.8 Å². The van der Waals surface area contributed by atoms with E-state index in [9.17, 15) is 0 Å². The number of para-hydroxylation sites is 1. The smallest absolute Gasteiger partial charge is 0.133 e. The molecule has 21 heavy (non-hydrogen) atoms. The van der Waals surface area contributed by atoms with Crippen LogP contribution < -0.4 is 5.73 Å². The zero-order chi connectivity index (χ0) is 14.8. The highest BCUT2D eigenvalue weighted by atomic mass is 35.5. The first-order valence-electron chi connectivity index (χ1n) is 6.66. The number of aryl methyl sites for hydroxylation is 1. The Bertz CT molecular complexity index is 802. The zero-order valence-corrected chi connectivity index (χ0v) is 13.2. The molecule has 0 radical (unpaired) electrons. The Morgan fingerprint density at radius 2 is 1.95 bits per heavy atom. The van der Waals surface area contributed by atoms with Crippen molar-refractivity contribution in [2.45, 2.75) is 17.6 Å². The molecule has 3 rings (SSSR count). The van der Waals surface area contributed by atoms with Crippen molar-refractivity contribution in [3.8, 4) is 0 Å². The average Bonchev–Trinajstić information content (AvgIpc) is 2.48. The Balaban J connectivity index is 1.88. The van der Waals surface area contributed by atoms with E-state index in [4.69, 9.17) is 17.3 Å². The number of nitrogens with two attached hydrogens (primary N) is 1. The number of rotatable bonds is 3. The van der Waals surface area contributed by atoms with Crippen LogP contribution in [0.2, 0.25) is 5.15 Å². The number of pyridine rings is 1. The average molecular weight is 315 g/mol. The largest absolute Gasteiger partial charge is 0.399 e. The molecule has 0 amide bonds. The highest BCUT2D eigenvalue weighted by molar-refractivity contribution is 7.98. The van der Waals surface area contributed by atoms with Gasteiger partial charge in [-0.05, 0) is 36.8 Å². The standard InChI is InChI=1S/C17H15ClN2S/c1-11-6-7-14(19)9-16(11)21-10-13-8-12-4-2-3-5-15(12)20-17(13)18/h2-9H,10,19H2,1H3. The van der Waals surface area contributed by atoms with Crippen molar-refractivity contribution in [3.05, 3.63) is 64.8 Å². The van der Waals surface area contributed by atoms with Crippen LogP contribution in [0.4, 0.5) is 5.69 Å². The van der Waals surface area contributed by atoms with Gasteiger partial charge in [0.05, 0.1) is 5.52 Å². The van der Waals surface area contributed by atoms with Gasteiger partial charge in [-0.1, -0.05) is 35.9 Å². The second kappa shape index (κ2) is 5.96. The number of hydrogen-bond acceptors (Lipinski definition) is 3. The first kappa shape index (κ1) is 14.2. The van der Waals surface area contributed by atoms with Gasteiger partial charge in [-0.3, -0.25) is 0 Å². The molecule has 0 bridgehead atoms. The normalized spacial score (nSPS) is 11.0. The number of hydrogen-bond donors (Lipinski definition) is 1. The van der Waals surface area contributed by atoms with Crippen LogP contribution in [0.1, 0.15) is 11.1 Å².